The van der Waals surface area contributed by atoms with E-state index in [4.69, 9.17) is 9.47 Å². The van der Waals surface area contributed by atoms with Gasteiger partial charge in [-0.05, 0) is 19.2 Å². The van der Waals surface area contributed by atoms with Crippen LogP contribution in [-0.2, 0) is 6.42 Å². The number of imidazole rings is 1. The Morgan fingerprint density at radius 2 is 2.11 bits per heavy atom. The van der Waals surface area contributed by atoms with Gasteiger partial charge in [0.25, 0.3) is 0 Å². The van der Waals surface area contributed by atoms with Gasteiger partial charge in [0.05, 0.1) is 26.1 Å². The van der Waals surface area contributed by atoms with Crippen molar-refractivity contribution in [2.24, 2.45) is 0 Å². The van der Waals surface area contributed by atoms with Gasteiger partial charge in [-0.25, -0.2) is 4.98 Å². The lowest BCUT2D eigenvalue weighted by Crippen LogP contribution is -2.11. The zero-order valence-corrected chi connectivity index (χ0v) is 11.5. The molecule has 0 spiro atoms. The maximum absolute atomic E-state index is 5.39. The van der Waals surface area contributed by atoms with E-state index < -0.39 is 0 Å². The van der Waals surface area contributed by atoms with Gasteiger partial charge in [-0.3, -0.25) is 0 Å². The summed E-state index contributed by atoms with van der Waals surface area (Å²) in [6.45, 7) is 0.896. The maximum Gasteiger partial charge on any atom is 0.131 e. The number of nitrogens with one attached hydrogen (secondary N) is 2. The topological polar surface area (TPSA) is 59.2 Å². The highest BCUT2D eigenvalue weighted by Gasteiger charge is 2.10. The lowest BCUT2D eigenvalue weighted by Gasteiger charge is -2.08. The van der Waals surface area contributed by atoms with E-state index in [9.17, 15) is 0 Å². The van der Waals surface area contributed by atoms with Crippen LogP contribution in [0.2, 0.25) is 0 Å². The molecular formula is C14H19N3O2. The minimum atomic E-state index is 0.767. The lowest BCUT2D eigenvalue weighted by atomic mass is 10.1. The fraction of sp³-hybridized carbons (Fsp3) is 0.357. The second-order valence-electron chi connectivity index (χ2n) is 4.16. The molecule has 1 aromatic heterocycles. The average molecular weight is 261 g/mol. The van der Waals surface area contributed by atoms with Crippen molar-refractivity contribution < 1.29 is 9.47 Å². The molecule has 2 aromatic rings. The summed E-state index contributed by atoms with van der Waals surface area (Å²) in [5.41, 5.74) is 1.93. The van der Waals surface area contributed by atoms with Crippen LogP contribution in [0.5, 0.6) is 11.5 Å². The van der Waals surface area contributed by atoms with E-state index in [2.05, 4.69) is 15.3 Å². The number of hydrogen-bond acceptors (Lipinski definition) is 4. The van der Waals surface area contributed by atoms with Gasteiger partial charge in [-0.15, -0.1) is 0 Å². The Balaban J connectivity index is 2.27. The Bertz CT molecular complexity index is 537. The molecule has 0 fully saturated rings. The number of methoxy groups -OCH3 is 2. The van der Waals surface area contributed by atoms with E-state index in [1.807, 2.05) is 31.4 Å². The van der Waals surface area contributed by atoms with E-state index in [1.54, 1.807) is 14.2 Å². The molecule has 0 aliphatic carbocycles. The molecule has 102 valence electrons. The number of aromatic nitrogens is 2. The summed E-state index contributed by atoms with van der Waals surface area (Å²) in [6, 6.07) is 5.74. The fourth-order valence-electron chi connectivity index (χ4n) is 1.89. The number of aromatic amines is 1. The highest BCUT2D eigenvalue weighted by Crippen LogP contribution is 2.32. The molecule has 0 aliphatic heterocycles. The Hall–Kier alpha value is -2.01. The molecule has 0 atom stereocenters. The molecule has 1 heterocycles. The van der Waals surface area contributed by atoms with Crippen LogP contribution < -0.4 is 14.8 Å². The van der Waals surface area contributed by atoms with Crippen LogP contribution in [0.1, 0.15) is 5.82 Å². The summed E-state index contributed by atoms with van der Waals surface area (Å²) in [7, 11) is 5.22. The summed E-state index contributed by atoms with van der Waals surface area (Å²) in [4.78, 5) is 7.67. The first kappa shape index (κ1) is 13.4. The van der Waals surface area contributed by atoms with Crippen molar-refractivity contribution in [3.63, 3.8) is 0 Å². The molecule has 0 unspecified atom stereocenters. The maximum atomic E-state index is 5.39. The predicted molar refractivity (Wildman–Crippen MR) is 74.8 cm³/mol. The first-order valence-corrected chi connectivity index (χ1v) is 6.19. The Morgan fingerprint density at radius 3 is 2.79 bits per heavy atom. The highest BCUT2D eigenvalue weighted by atomic mass is 16.5. The number of rotatable bonds is 6. The van der Waals surface area contributed by atoms with Crippen LogP contribution in [0, 0.1) is 0 Å². The molecule has 2 rings (SSSR count). The van der Waals surface area contributed by atoms with Crippen molar-refractivity contribution in [1.29, 1.82) is 0 Å². The minimum absolute atomic E-state index is 0.767. The van der Waals surface area contributed by atoms with E-state index in [0.29, 0.717) is 0 Å². The highest BCUT2D eigenvalue weighted by molar-refractivity contribution is 5.68. The average Bonchev–Trinajstić information content (AvgIpc) is 2.92. The van der Waals surface area contributed by atoms with Gasteiger partial charge in [0, 0.05) is 24.6 Å². The second kappa shape index (κ2) is 6.24. The smallest absolute Gasteiger partial charge is 0.131 e. The van der Waals surface area contributed by atoms with Crippen LogP contribution in [0.4, 0.5) is 0 Å². The fourth-order valence-corrected chi connectivity index (χ4v) is 1.89. The molecule has 0 bridgehead atoms. The first-order valence-electron chi connectivity index (χ1n) is 6.19. The number of nitrogens with zero attached hydrogens (tertiary/aromatic N) is 1. The molecular weight excluding hydrogens is 242 g/mol. The summed E-state index contributed by atoms with van der Waals surface area (Å²) in [5.74, 6) is 2.50. The molecule has 0 amide bonds. The van der Waals surface area contributed by atoms with Gasteiger partial charge in [0.15, 0.2) is 0 Å². The Labute approximate surface area is 113 Å². The van der Waals surface area contributed by atoms with Crippen LogP contribution in [0.3, 0.4) is 0 Å². The molecule has 5 heteroatoms. The third-order valence-electron chi connectivity index (χ3n) is 2.94. The third kappa shape index (κ3) is 3.06. The molecule has 0 radical (unpaired) electrons. The van der Waals surface area contributed by atoms with Crippen molar-refractivity contribution in [2.75, 3.05) is 27.8 Å². The summed E-state index contributed by atoms with van der Waals surface area (Å²) >= 11 is 0. The monoisotopic (exact) mass is 261 g/mol. The second-order valence-corrected chi connectivity index (χ2v) is 4.16. The molecule has 1 aromatic carbocycles. The van der Waals surface area contributed by atoms with Crippen molar-refractivity contribution in [2.45, 2.75) is 6.42 Å². The van der Waals surface area contributed by atoms with Gasteiger partial charge in [-0.2, -0.15) is 0 Å². The van der Waals surface area contributed by atoms with Crippen molar-refractivity contribution in [1.82, 2.24) is 15.3 Å². The number of benzene rings is 1. The zero-order valence-electron chi connectivity index (χ0n) is 11.5. The van der Waals surface area contributed by atoms with Gasteiger partial charge in [0.2, 0.25) is 0 Å². The minimum Gasteiger partial charge on any atom is -0.497 e. The summed E-state index contributed by atoms with van der Waals surface area (Å²) in [5, 5.41) is 3.10. The number of hydrogen-bond donors (Lipinski definition) is 2. The molecule has 2 N–H and O–H groups in total. The number of likely N-dealkylation sites (N-methyl/N-ethyl adjacent to an activating group) is 1. The lowest BCUT2D eigenvalue weighted by molar-refractivity contribution is 0.395. The summed E-state index contributed by atoms with van der Waals surface area (Å²) < 4.78 is 10.6. The zero-order chi connectivity index (χ0) is 13.7. The van der Waals surface area contributed by atoms with Crippen molar-refractivity contribution in [3.05, 3.63) is 30.2 Å². The largest absolute Gasteiger partial charge is 0.497 e. The number of H-pyrrole nitrogens is 1. The molecule has 0 aliphatic rings. The molecule has 19 heavy (non-hydrogen) atoms. The molecule has 5 nitrogen and oxygen atoms in total. The summed E-state index contributed by atoms with van der Waals surface area (Å²) in [6.07, 6.45) is 2.70. The van der Waals surface area contributed by atoms with E-state index in [0.717, 1.165) is 41.5 Å². The quantitative estimate of drug-likeness (QED) is 0.833. The standard InChI is InChI=1S/C14H19N3O2/c1-15-7-6-14-16-9-12(17-14)11-5-4-10(18-2)8-13(11)19-3/h4-5,8-9,15H,6-7H2,1-3H3,(H,16,17). The van der Waals surface area contributed by atoms with Gasteiger partial charge >= 0.3 is 0 Å². The molecule has 0 saturated heterocycles. The van der Waals surface area contributed by atoms with Crippen LogP contribution in [-0.4, -0.2) is 37.8 Å². The van der Waals surface area contributed by atoms with Crippen LogP contribution in [0.25, 0.3) is 11.3 Å². The van der Waals surface area contributed by atoms with Gasteiger partial charge in [0.1, 0.15) is 17.3 Å². The molecule has 0 saturated carbocycles. The predicted octanol–water partition coefficient (Wildman–Crippen LogP) is 1.86. The van der Waals surface area contributed by atoms with E-state index in [-0.39, 0.29) is 0 Å². The van der Waals surface area contributed by atoms with Crippen molar-refractivity contribution >= 4 is 0 Å². The van der Waals surface area contributed by atoms with Crippen LogP contribution >= 0.6 is 0 Å². The normalized spacial score (nSPS) is 10.5. The van der Waals surface area contributed by atoms with E-state index >= 15 is 0 Å². The van der Waals surface area contributed by atoms with E-state index in [1.165, 1.54) is 0 Å². The third-order valence-corrected chi connectivity index (χ3v) is 2.94. The Morgan fingerprint density at radius 1 is 1.26 bits per heavy atom. The van der Waals surface area contributed by atoms with Gasteiger partial charge in [-0.1, -0.05) is 0 Å². The first-order chi connectivity index (χ1) is 9.28. The van der Waals surface area contributed by atoms with Crippen LogP contribution in [0.15, 0.2) is 24.4 Å². The Kier molecular flexibility index (Phi) is 4.41. The van der Waals surface area contributed by atoms with Crippen molar-refractivity contribution in [3.8, 4) is 22.8 Å². The SMILES string of the molecule is CNCCc1ncc(-c2ccc(OC)cc2OC)[nH]1. The van der Waals surface area contributed by atoms with Gasteiger partial charge < -0.3 is 19.8 Å². The number of ether oxygens (including phenoxy) is 2.